The number of aromatic nitrogens is 1. The average Bonchev–Trinajstić information content (AvgIpc) is 3.30. The standard InChI is InChI=1S/C24H24N2O4/c1-3-16-8-4-7-11-20(16)26-13-17(12-22(26)28)24(29)30-14-21(27)23-15(2)25-19-10-6-5-9-18(19)23/h4-11,17,25H,3,12-14H2,1-2H3. The number of benzene rings is 2. The molecular formula is C24H24N2O4. The van der Waals surface area contributed by atoms with E-state index in [0.717, 1.165) is 34.3 Å². The molecule has 1 fully saturated rings. The van der Waals surface area contributed by atoms with Gasteiger partial charge in [-0.05, 0) is 31.0 Å². The van der Waals surface area contributed by atoms with Gasteiger partial charge in [0.25, 0.3) is 0 Å². The maximum absolute atomic E-state index is 12.7. The number of carbonyl (C=O) groups is 3. The lowest BCUT2D eigenvalue weighted by Crippen LogP contribution is -2.28. The van der Waals surface area contributed by atoms with Crippen LogP contribution >= 0.6 is 0 Å². The Morgan fingerprint density at radius 2 is 1.87 bits per heavy atom. The van der Waals surface area contributed by atoms with Crippen LogP contribution in [-0.4, -0.2) is 35.8 Å². The number of rotatable bonds is 6. The van der Waals surface area contributed by atoms with Crippen molar-refractivity contribution in [2.24, 2.45) is 5.92 Å². The minimum atomic E-state index is -0.570. The Bertz CT molecular complexity index is 1130. The maximum Gasteiger partial charge on any atom is 0.311 e. The summed E-state index contributed by atoms with van der Waals surface area (Å²) in [7, 11) is 0. The van der Waals surface area contributed by atoms with E-state index in [1.807, 2.05) is 62.4 Å². The first-order valence-electron chi connectivity index (χ1n) is 10.1. The zero-order valence-electron chi connectivity index (χ0n) is 17.1. The molecule has 0 radical (unpaired) electrons. The molecule has 0 spiro atoms. The van der Waals surface area contributed by atoms with Gasteiger partial charge in [-0.2, -0.15) is 0 Å². The van der Waals surface area contributed by atoms with Gasteiger partial charge >= 0.3 is 5.97 Å². The number of Topliss-reactive ketones (excluding diaryl/α,β-unsaturated/α-hetero) is 1. The number of nitrogens with one attached hydrogen (secondary N) is 1. The lowest BCUT2D eigenvalue weighted by molar-refractivity contribution is -0.147. The highest BCUT2D eigenvalue weighted by atomic mass is 16.5. The van der Waals surface area contributed by atoms with Crippen LogP contribution in [0.4, 0.5) is 5.69 Å². The van der Waals surface area contributed by atoms with Crippen molar-refractivity contribution in [1.82, 2.24) is 4.98 Å². The second-order valence-electron chi connectivity index (χ2n) is 7.59. The van der Waals surface area contributed by atoms with E-state index >= 15 is 0 Å². The van der Waals surface area contributed by atoms with E-state index in [9.17, 15) is 14.4 Å². The van der Waals surface area contributed by atoms with Gasteiger partial charge in [-0.15, -0.1) is 0 Å². The fraction of sp³-hybridized carbons (Fsp3) is 0.292. The quantitative estimate of drug-likeness (QED) is 0.500. The average molecular weight is 404 g/mol. The number of aryl methyl sites for hydroxylation is 2. The van der Waals surface area contributed by atoms with Crippen LogP contribution in [0.5, 0.6) is 0 Å². The molecule has 3 aromatic rings. The predicted octanol–water partition coefficient (Wildman–Crippen LogP) is 3.82. The zero-order chi connectivity index (χ0) is 21.3. The first-order valence-corrected chi connectivity index (χ1v) is 10.1. The van der Waals surface area contributed by atoms with Crippen molar-refractivity contribution in [3.05, 3.63) is 65.4 Å². The topological polar surface area (TPSA) is 79.5 Å². The molecule has 154 valence electrons. The molecule has 1 unspecified atom stereocenters. The van der Waals surface area contributed by atoms with Gasteiger partial charge < -0.3 is 14.6 Å². The number of nitrogens with zero attached hydrogens (tertiary/aromatic N) is 1. The van der Waals surface area contributed by atoms with Gasteiger partial charge in [0.1, 0.15) is 0 Å². The molecule has 2 aromatic carbocycles. The number of carbonyl (C=O) groups excluding carboxylic acids is 3. The van der Waals surface area contributed by atoms with E-state index < -0.39 is 11.9 Å². The number of para-hydroxylation sites is 2. The Balaban J connectivity index is 1.43. The molecule has 6 nitrogen and oxygen atoms in total. The molecular weight excluding hydrogens is 380 g/mol. The summed E-state index contributed by atoms with van der Waals surface area (Å²) in [5.41, 5.74) is 4.06. The van der Waals surface area contributed by atoms with E-state index in [0.29, 0.717) is 5.56 Å². The predicted molar refractivity (Wildman–Crippen MR) is 115 cm³/mol. The van der Waals surface area contributed by atoms with Crippen molar-refractivity contribution < 1.29 is 19.1 Å². The summed E-state index contributed by atoms with van der Waals surface area (Å²) in [5, 5.41) is 0.814. The van der Waals surface area contributed by atoms with Crippen LogP contribution in [0.3, 0.4) is 0 Å². The second-order valence-corrected chi connectivity index (χ2v) is 7.59. The summed E-state index contributed by atoms with van der Waals surface area (Å²) >= 11 is 0. The molecule has 0 bridgehead atoms. The molecule has 2 heterocycles. The number of amides is 1. The summed E-state index contributed by atoms with van der Waals surface area (Å²) < 4.78 is 5.32. The molecule has 0 saturated carbocycles. The number of fused-ring (bicyclic) bond motifs is 1. The third kappa shape index (κ3) is 3.61. The monoisotopic (exact) mass is 404 g/mol. The number of ketones is 1. The Labute approximate surface area is 174 Å². The minimum absolute atomic E-state index is 0.0944. The van der Waals surface area contributed by atoms with Crippen molar-refractivity contribution in [2.45, 2.75) is 26.7 Å². The SMILES string of the molecule is CCc1ccccc1N1CC(C(=O)OCC(=O)c2c(C)[nH]c3ccccc23)CC1=O. The summed E-state index contributed by atoms with van der Waals surface area (Å²) in [6.45, 7) is 3.80. The van der Waals surface area contributed by atoms with Crippen LogP contribution in [-0.2, 0) is 20.7 Å². The molecule has 4 rings (SSSR count). The highest BCUT2D eigenvalue weighted by Crippen LogP contribution is 2.29. The van der Waals surface area contributed by atoms with E-state index in [1.165, 1.54) is 0 Å². The third-order valence-electron chi connectivity index (χ3n) is 5.64. The molecule has 1 aliphatic heterocycles. The van der Waals surface area contributed by atoms with Crippen LogP contribution in [0.1, 0.15) is 35.0 Å². The van der Waals surface area contributed by atoms with Gasteiger partial charge in [0.05, 0.1) is 5.92 Å². The molecule has 1 aliphatic rings. The molecule has 1 saturated heterocycles. The van der Waals surface area contributed by atoms with Crippen LogP contribution in [0.2, 0.25) is 0 Å². The zero-order valence-corrected chi connectivity index (χ0v) is 17.1. The van der Waals surface area contributed by atoms with Crippen LogP contribution in [0.15, 0.2) is 48.5 Å². The molecule has 30 heavy (non-hydrogen) atoms. The number of aromatic amines is 1. The van der Waals surface area contributed by atoms with Crippen LogP contribution in [0.25, 0.3) is 10.9 Å². The Hall–Kier alpha value is -3.41. The number of hydrogen-bond donors (Lipinski definition) is 1. The van der Waals surface area contributed by atoms with E-state index in [1.54, 1.807) is 4.90 Å². The lowest BCUT2D eigenvalue weighted by atomic mass is 10.1. The number of hydrogen-bond acceptors (Lipinski definition) is 4. The molecule has 1 N–H and O–H groups in total. The highest BCUT2D eigenvalue weighted by molar-refractivity contribution is 6.10. The molecule has 0 aliphatic carbocycles. The van der Waals surface area contributed by atoms with Crippen molar-refractivity contribution in [1.29, 1.82) is 0 Å². The molecule has 1 amide bonds. The van der Waals surface area contributed by atoms with Gasteiger partial charge in [-0.3, -0.25) is 14.4 Å². The van der Waals surface area contributed by atoms with Gasteiger partial charge in [0.2, 0.25) is 11.7 Å². The number of esters is 1. The maximum atomic E-state index is 12.7. The molecule has 1 atom stereocenters. The first-order chi connectivity index (χ1) is 14.5. The summed E-state index contributed by atoms with van der Waals surface area (Å²) in [6.07, 6.45) is 0.894. The van der Waals surface area contributed by atoms with Gasteiger partial charge in [0, 0.05) is 40.8 Å². The van der Waals surface area contributed by atoms with Crippen LogP contribution in [0, 0.1) is 12.8 Å². The molecule has 1 aromatic heterocycles. The van der Waals surface area contributed by atoms with Gasteiger partial charge in [-0.25, -0.2) is 0 Å². The van der Waals surface area contributed by atoms with Crippen molar-refractivity contribution in [3.63, 3.8) is 0 Å². The van der Waals surface area contributed by atoms with Gasteiger partial charge in [0.15, 0.2) is 6.61 Å². The van der Waals surface area contributed by atoms with Crippen LogP contribution < -0.4 is 4.90 Å². The second kappa shape index (κ2) is 8.14. The summed E-state index contributed by atoms with van der Waals surface area (Å²) in [6, 6.07) is 15.2. The Morgan fingerprint density at radius 3 is 2.67 bits per heavy atom. The summed E-state index contributed by atoms with van der Waals surface area (Å²) in [4.78, 5) is 42.7. The number of anilines is 1. The fourth-order valence-electron chi connectivity index (χ4n) is 4.13. The molecule has 6 heteroatoms. The fourth-order valence-corrected chi connectivity index (χ4v) is 4.13. The number of ether oxygens (including phenoxy) is 1. The van der Waals surface area contributed by atoms with Crippen molar-refractivity contribution in [2.75, 3.05) is 18.1 Å². The lowest BCUT2D eigenvalue weighted by Gasteiger charge is -2.19. The van der Waals surface area contributed by atoms with Crippen molar-refractivity contribution >= 4 is 34.3 Å². The summed E-state index contributed by atoms with van der Waals surface area (Å²) in [5.74, 6) is -1.43. The Morgan fingerprint density at radius 1 is 1.13 bits per heavy atom. The van der Waals surface area contributed by atoms with E-state index in [2.05, 4.69) is 4.98 Å². The van der Waals surface area contributed by atoms with E-state index in [-0.39, 0.29) is 31.3 Å². The Kier molecular flexibility index (Phi) is 5.40. The van der Waals surface area contributed by atoms with Gasteiger partial charge in [-0.1, -0.05) is 43.3 Å². The van der Waals surface area contributed by atoms with E-state index in [4.69, 9.17) is 4.74 Å². The highest BCUT2D eigenvalue weighted by Gasteiger charge is 2.37. The number of H-pyrrole nitrogens is 1. The minimum Gasteiger partial charge on any atom is -0.457 e. The smallest absolute Gasteiger partial charge is 0.311 e. The third-order valence-corrected chi connectivity index (χ3v) is 5.64. The largest absolute Gasteiger partial charge is 0.457 e. The van der Waals surface area contributed by atoms with Crippen molar-refractivity contribution in [3.8, 4) is 0 Å². The normalized spacial score (nSPS) is 16.3. The first kappa shape index (κ1) is 19.9.